The summed E-state index contributed by atoms with van der Waals surface area (Å²) in [6.07, 6.45) is 5.43. The maximum atomic E-state index is 5.79. The summed E-state index contributed by atoms with van der Waals surface area (Å²) in [6.45, 7) is 2.50. The first-order valence-electron chi connectivity index (χ1n) is 10.8. The van der Waals surface area contributed by atoms with Crippen molar-refractivity contribution in [2.24, 2.45) is 5.73 Å². The number of hydrogen-bond acceptors (Lipinski definition) is 4. The smallest absolute Gasteiger partial charge is 0.103 e. The highest BCUT2D eigenvalue weighted by Gasteiger charge is 2.14. The van der Waals surface area contributed by atoms with E-state index in [9.17, 15) is 0 Å². The lowest BCUT2D eigenvalue weighted by Gasteiger charge is -2.14. The summed E-state index contributed by atoms with van der Waals surface area (Å²) < 4.78 is 0. The van der Waals surface area contributed by atoms with E-state index in [4.69, 9.17) is 15.7 Å². The van der Waals surface area contributed by atoms with Crippen molar-refractivity contribution in [1.82, 2.24) is 19.9 Å². The first kappa shape index (κ1) is 20.1. The first-order chi connectivity index (χ1) is 15.7. The fraction of sp³-hybridized carbons (Fsp3) is 0.148. The molecule has 0 bridgehead atoms. The maximum Gasteiger partial charge on any atom is 0.103 e. The number of rotatable bonds is 6. The predicted octanol–water partition coefficient (Wildman–Crippen LogP) is 5.24. The van der Waals surface area contributed by atoms with Crippen molar-refractivity contribution in [3.63, 3.8) is 0 Å². The van der Waals surface area contributed by atoms with E-state index in [0.29, 0.717) is 6.54 Å². The lowest BCUT2D eigenvalue weighted by atomic mass is 9.96. The number of fused-ring (bicyclic) bond motifs is 1. The van der Waals surface area contributed by atoms with E-state index in [-0.39, 0.29) is 0 Å². The number of aromatic amines is 1. The minimum Gasteiger partial charge on any atom is -0.346 e. The van der Waals surface area contributed by atoms with Gasteiger partial charge in [0.1, 0.15) is 5.82 Å². The van der Waals surface area contributed by atoms with Crippen molar-refractivity contribution in [2.45, 2.75) is 26.3 Å². The highest BCUT2D eigenvalue weighted by Crippen LogP contribution is 2.34. The number of aryl methyl sites for hydroxylation is 3. The number of nitrogens with two attached hydrogens (primary N) is 1. The van der Waals surface area contributed by atoms with E-state index >= 15 is 0 Å². The monoisotopic (exact) mass is 419 g/mol. The van der Waals surface area contributed by atoms with Crippen molar-refractivity contribution in [3.8, 4) is 22.4 Å². The molecule has 5 nitrogen and oxygen atoms in total. The van der Waals surface area contributed by atoms with E-state index in [1.165, 1.54) is 0 Å². The first-order valence-corrected chi connectivity index (χ1v) is 10.8. The number of H-pyrrole nitrogens is 1. The third-order valence-corrected chi connectivity index (χ3v) is 5.76. The van der Waals surface area contributed by atoms with Crippen molar-refractivity contribution in [3.05, 3.63) is 102 Å². The van der Waals surface area contributed by atoms with E-state index in [2.05, 4.69) is 64.6 Å². The van der Waals surface area contributed by atoms with E-state index < -0.39 is 0 Å². The lowest BCUT2D eigenvalue weighted by Crippen LogP contribution is -1.99. The average molecular weight is 420 g/mol. The van der Waals surface area contributed by atoms with Gasteiger partial charge in [-0.3, -0.25) is 4.98 Å². The number of aromatic nitrogens is 4. The summed E-state index contributed by atoms with van der Waals surface area (Å²) in [4.78, 5) is 17.4. The zero-order chi connectivity index (χ0) is 21.9. The molecule has 3 aromatic heterocycles. The van der Waals surface area contributed by atoms with E-state index in [1.807, 2.05) is 31.5 Å². The van der Waals surface area contributed by atoms with Crippen LogP contribution in [0.3, 0.4) is 0 Å². The van der Waals surface area contributed by atoms with Gasteiger partial charge in [-0.1, -0.05) is 54.6 Å². The van der Waals surface area contributed by atoms with Crippen molar-refractivity contribution in [2.75, 3.05) is 0 Å². The third kappa shape index (κ3) is 4.03. The highest BCUT2D eigenvalue weighted by atomic mass is 14.9. The minimum atomic E-state index is 0.530. The highest BCUT2D eigenvalue weighted by molar-refractivity contribution is 5.92. The molecule has 5 rings (SSSR count). The number of hydrogen-bond donors (Lipinski definition) is 2. The summed E-state index contributed by atoms with van der Waals surface area (Å²) in [5, 5.41) is 1.09. The molecule has 0 atom stereocenters. The fourth-order valence-corrected chi connectivity index (χ4v) is 4.06. The quantitative estimate of drug-likeness (QED) is 0.394. The van der Waals surface area contributed by atoms with E-state index in [1.54, 1.807) is 0 Å². The molecule has 2 aromatic carbocycles. The summed E-state index contributed by atoms with van der Waals surface area (Å²) in [7, 11) is 0. The number of imidazole rings is 1. The van der Waals surface area contributed by atoms with Gasteiger partial charge in [-0.05, 0) is 43.0 Å². The van der Waals surface area contributed by atoms with Crippen LogP contribution in [0.1, 0.15) is 22.8 Å². The molecule has 0 aliphatic carbocycles. The molecule has 0 saturated heterocycles. The molecule has 0 unspecified atom stereocenters. The van der Waals surface area contributed by atoms with Gasteiger partial charge < -0.3 is 10.7 Å². The Bertz CT molecular complexity index is 1350. The summed E-state index contributed by atoms with van der Waals surface area (Å²) in [5.41, 5.74) is 14.3. The van der Waals surface area contributed by atoms with Crippen molar-refractivity contribution < 1.29 is 0 Å². The molecular formula is C27H25N5. The van der Waals surface area contributed by atoms with Crippen LogP contribution in [0.2, 0.25) is 0 Å². The number of pyridine rings is 2. The second-order valence-corrected chi connectivity index (χ2v) is 7.97. The number of benzene rings is 2. The van der Waals surface area contributed by atoms with Gasteiger partial charge in [0.25, 0.3) is 0 Å². The normalized spacial score (nSPS) is 11.2. The number of nitrogens with one attached hydrogen (secondary N) is 1. The van der Waals surface area contributed by atoms with Crippen LogP contribution in [0, 0.1) is 6.92 Å². The molecular weight excluding hydrogens is 394 g/mol. The molecule has 0 radical (unpaired) electrons. The SMILES string of the molecule is Cc1ncc(CCc2nccc3nc(-c4ccc(CN)cc4)c(-c4ccccc4)cc23)[nH]1. The maximum absolute atomic E-state index is 5.79. The Morgan fingerprint density at radius 1 is 0.875 bits per heavy atom. The molecule has 3 N–H and O–H groups in total. The molecule has 0 spiro atoms. The second kappa shape index (κ2) is 8.73. The van der Waals surface area contributed by atoms with Crippen LogP contribution in [0.5, 0.6) is 0 Å². The van der Waals surface area contributed by atoms with Crippen LogP contribution in [-0.4, -0.2) is 19.9 Å². The zero-order valence-corrected chi connectivity index (χ0v) is 18.0. The molecule has 158 valence electrons. The Morgan fingerprint density at radius 3 is 2.41 bits per heavy atom. The Morgan fingerprint density at radius 2 is 1.69 bits per heavy atom. The molecule has 3 heterocycles. The molecule has 0 aliphatic heterocycles. The number of nitrogens with zero attached hydrogens (tertiary/aromatic N) is 3. The second-order valence-electron chi connectivity index (χ2n) is 7.97. The minimum absolute atomic E-state index is 0.530. The van der Waals surface area contributed by atoms with Crippen LogP contribution >= 0.6 is 0 Å². The summed E-state index contributed by atoms with van der Waals surface area (Å²) in [5.74, 6) is 0.934. The van der Waals surface area contributed by atoms with Crippen LogP contribution in [0.25, 0.3) is 33.3 Å². The topological polar surface area (TPSA) is 80.5 Å². The Labute approximate surface area is 187 Å². The molecule has 0 aliphatic rings. The zero-order valence-electron chi connectivity index (χ0n) is 18.0. The lowest BCUT2D eigenvalue weighted by molar-refractivity contribution is 0.894. The van der Waals surface area contributed by atoms with Gasteiger partial charge in [-0.15, -0.1) is 0 Å². The Hall–Kier alpha value is -3.83. The fourth-order valence-electron chi connectivity index (χ4n) is 4.06. The van der Waals surface area contributed by atoms with Crippen LogP contribution in [-0.2, 0) is 19.4 Å². The van der Waals surface area contributed by atoms with Gasteiger partial charge in [-0.2, -0.15) is 0 Å². The van der Waals surface area contributed by atoms with Gasteiger partial charge >= 0.3 is 0 Å². The standard InChI is InChI=1S/C27H25N5/c1-18-30-17-22(31-18)11-12-25-24-15-23(20-5-3-2-4-6-20)27(32-26(24)13-14-29-25)21-9-7-19(16-28)8-10-21/h2-10,13-15,17H,11-12,16,28H2,1H3,(H,30,31). The summed E-state index contributed by atoms with van der Waals surface area (Å²) in [6, 6.07) is 23.0. The molecule has 5 aromatic rings. The van der Waals surface area contributed by atoms with Crippen molar-refractivity contribution >= 4 is 10.9 Å². The van der Waals surface area contributed by atoms with E-state index in [0.717, 1.165) is 68.9 Å². The van der Waals surface area contributed by atoms with Gasteiger partial charge in [0, 0.05) is 41.1 Å². The van der Waals surface area contributed by atoms with Crippen molar-refractivity contribution in [1.29, 1.82) is 0 Å². The third-order valence-electron chi connectivity index (χ3n) is 5.76. The predicted molar refractivity (Wildman–Crippen MR) is 129 cm³/mol. The van der Waals surface area contributed by atoms with Crippen LogP contribution < -0.4 is 5.73 Å². The molecule has 0 fully saturated rings. The molecule has 32 heavy (non-hydrogen) atoms. The summed E-state index contributed by atoms with van der Waals surface area (Å²) >= 11 is 0. The molecule has 5 heteroatoms. The van der Waals surface area contributed by atoms with Crippen LogP contribution in [0.4, 0.5) is 0 Å². The molecule has 0 saturated carbocycles. The average Bonchev–Trinajstić information content (AvgIpc) is 3.27. The molecule has 0 amide bonds. The van der Waals surface area contributed by atoms with Crippen LogP contribution in [0.15, 0.2) is 79.1 Å². The van der Waals surface area contributed by atoms with Gasteiger partial charge in [0.15, 0.2) is 0 Å². The Balaban J connectivity index is 1.63. The Kier molecular flexibility index (Phi) is 5.48. The van der Waals surface area contributed by atoms with Gasteiger partial charge in [0.2, 0.25) is 0 Å². The van der Waals surface area contributed by atoms with Gasteiger partial charge in [0.05, 0.1) is 16.9 Å². The largest absolute Gasteiger partial charge is 0.346 e. The van der Waals surface area contributed by atoms with Gasteiger partial charge in [-0.25, -0.2) is 9.97 Å².